The number of rotatable bonds is 5. The van der Waals surface area contributed by atoms with E-state index in [-0.39, 0.29) is 5.78 Å². The van der Waals surface area contributed by atoms with E-state index in [1.165, 1.54) is 0 Å². The molecule has 1 aliphatic rings. The molecule has 0 amide bonds. The van der Waals surface area contributed by atoms with Crippen LogP contribution < -0.4 is 10.5 Å². The summed E-state index contributed by atoms with van der Waals surface area (Å²) in [5.74, 6) is 0.667. The Balaban J connectivity index is 2.24. The quantitative estimate of drug-likeness (QED) is 0.814. The molecule has 0 aliphatic carbocycles. The van der Waals surface area contributed by atoms with Gasteiger partial charge in [-0.2, -0.15) is 0 Å². The highest BCUT2D eigenvalue weighted by molar-refractivity contribution is 6.00. The molecule has 0 atom stereocenters. The Morgan fingerprint density at radius 3 is 2.84 bits per heavy atom. The first-order chi connectivity index (χ1) is 9.22. The molecule has 0 aromatic carbocycles. The first-order valence-electron chi connectivity index (χ1n) is 6.62. The van der Waals surface area contributed by atoms with Crippen LogP contribution in [-0.4, -0.2) is 37.1 Å². The van der Waals surface area contributed by atoms with Crippen LogP contribution in [0.3, 0.4) is 0 Å². The second kappa shape index (κ2) is 6.12. The van der Waals surface area contributed by atoms with Gasteiger partial charge in [0.05, 0.1) is 18.2 Å². The van der Waals surface area contributed by atoms with Gasteiger partial charge in [0.2, 0.25) is 0 Å². The Kier molecular flexibility index (Phi) is 4.50. The maximum Gasteiger partial charge on any atom is 0.172 e. The lowest BCUT2D eigenvalue weighted by molar-refractivity contribution is 0.0200. The minimum atomic E-state index is -0.509. The molecule has 1 saturated heterocycles. The van der Waals surface area contributed by atoms with Crippen molar-refractivity contribution in [3.8, 4) is 5.75 Å². The summed E-state index contributed by atoms with van der Waals surface area (Å²) in [4.78, 5) is 16.7. The van der Waals surface area contributed by atoms with Crippen LogP contribution in [-0.2, 0) is 4.74 Å². The Labute approximate surface area is 113 Å². The number of carbonyl (C=O) groups is 1. The third-order valence-electron chi connectivity index (χ3n) is 3.61. The average molecular weight is 264 g/mol. The molecule has 1 aliphatic heterocycles. The van der Waals surface area contributed by atoms with Crippen molar-refractivity contribution in [2.24, 2.45) is 11.1 Å². The zero-order valence-corrected chi connectivity index (χ0v) is 11.2. The van der Waals surface area contributed by atoms with Crippen molar-refractivity contribution in [1.82, 2.24) is 4.98 Å². The topological polar surface area (TPSA) is 74.4 Å². The van der Waals surface area contributed by atoms with E-state index in [9.17, 15) is 4.79 Å². The molecule has 2 rings (SSSR count). The molecule has 0 radical (unpaired) electrons. The van der Waals surface area contributed by atoms with Crippen LogP contribution in [0.15, 0.2) is 18.5 Å². The number of nitrogens with zero attached hydrogens (tertiary/aromatic N) is 1. The van der Waals surface area contributed by atoms with Gasteiger partial charge in [-0.25, -0.2) is 0 Å². The van der Waals surface area contributed by atoms with Crippen molar-refractivity contribution < 1.29 is 14.3 Å². The molecule has 0 spiro atoms. The highest BCUT2D eigenvalue weighted by Crippen LogP contribution is 2.33. The monoisotopic (exact) mass is 264 g/mol. The van der Waals surface area contributed by atoms with E-state index >= 15 is 0 Å². The van der Waals surface area contributed by atoms with Crippen LogP contribution in [0.4, 0.5) is 0 Å². The van der Waals surface area contributed by atoms with Gasteiger partial charge in [0.1, 0.15) is 5.75 Å². The fourth-order valence-electron chi connectivity index (χ4n) is 2.38. The summed E-state index contributed by atoms with van der Waals surface area (Å²) >= 11 is 0. The fourth-order valence-corrected chi connectivity index (χ4v) is 2.38. The molecule has 0 unspecified atom stereocenters. The van der Waals surface area contributed by atoms with Crippen molar-refractivity contribution in [1.29, 1.82) is 0 Å². The largest absolute Gasteiger partial charge is 0.492 e. The Morgan fingerprint density at radius 2 is 2.21 bits per heavy atom. The number of hydrogen-bond donors (Lipinski definition) is 1. The number of nitrogens with two attached hydrogens (primary N) is 1. The fraction of sp³-hybridized carbons (Fsp3) is 0.571. The number of ketones is 1. The van der Waals surface area contributed by atoms with E-state index in [0.717, 1.165) is 0 Å². The summed E-state index contributed by atoms with van der Waals surface area (Å²) in [5.41, 5.74) is 5.90. The number of pyridine rings is 1. The van der Waals surface area contributed by atoms with Gasteiger partial charge in [0.15, 0.2) is 5.78 Å². The minimum absolute atomic E-state index is 0.0485. The molecular formula is C14H20N2O3. The molecule has 2 N–H and O–H groups in total. The zero-order valence-electron chi connectivity index (χ0n) is 11.2. The van der Waals surface area contributed by atoms with E-state index in [1.807, 2.05) is 6.92 Å². The third kappa shape index (κ3) is 2.93. The highest BCUT2D eigenvalue weighted by Gasteiger charge is 2.39. The lowest BCUT2D eigenvalue weighted by atomic mass is 9.74. The second-order valence-electron chi connectivity index (χ2n) is 4.77. The van der Waals surface area contributed by atoms with Gasteiger partial charge >= 0.3 is 0 Å². The molecule has 5 heteroatoms. The number of Topliss-reactive ketones (excluding diaryl/α,β-unsaturated/α-hetero) is 1. The molecule has 5 nitrogen and oxygen atoms in total. The number of carbonyl (C=O) groups excluding carboxylic acids is 1. The lowest BCUT2D eigenvalue weighted by Gasteiger charge is -2.34. The SMILES string of the molecule is CCOc1cncc(C(=O)C2(CN)CCOCC2)c1. The van der Waals surface area contributed by atoms with Crippen LogP contribution in [0.1, 0.15) is 30.1 Å². The standard InChI is InChI=1S/C14H20N2O3/c1-2-19-12-7-11(8-16-9-12)13(17)14(10-15)3-5-18-6-4-14/h7-9H,2-6,10,15H2,1H3. The predicted molar refractivity (Wildman–Crippen MR) is 71.3 cm³/mol. The van der Waals surface area contributed by atoms with Crippen LogP contribution in [0.25, 0.3) is 0 Å². The summed E-state index contributed by atoms with van der Waals surface area (Å²) < 4.78 is 10.7. The van der Waals surface area contributed by atoms with Gasteiger partial charge in [-0.1, -0.05) is 0 Å². The second-order valence-corrected chi connectivity index (χ2v) is 4.77. The predicted octanol–water partition coefficient (Wildman–Crippen LogP) is 1.42. The van der Waals surface area contributed by atoms with Gasteiger partial charge in [0, 0.05) is 31.5 Å². The smallest absolute Gasteiger partial charge is 0.172 e. The van der Waals surface area contributed by atoms with Crippen LogP contribution in [0, 0.1) is 5.41 Å². The van der Waals surface area contributed by atoms with Crippen molar-refractivity contribution >= 4 is 5.78 Å². The Morgan fingerprint density at radius 1 is 1.47 bits per heavy atom. The summed E-state index contributed by atoms with van der Waals surface area (Å²) in [7, 11) is 0. The number of hydrogen-bond acceptors (Lipinski definition) is 5. The molecular weight excluding hydrogens is 244 g/mol. The molecule has 19 heavy (non-hydrogen) atoms. The van der Waals surface area contributed by atoms with E-state index in [0.29, 0.717) is 50.5 Å². The summed E-state index contributed by atoms with van der Waals surface area (Å²) in [5, 5.41) is 0. The van der Waals surface area contributed by atoms with Crippen molar-refractivity contribution in [3.63, 3.8) is 0 Å². The maximum atomic E-state index is 12.7. The van der Waals surface area contributed by atoms with Crippen LogP contribution in [0.2, 0.25) is 0 Å². The average Bonchev–Trinajstić information content (AvgIpc) is 2.48. The van der Waals surface area contributed by atoms with Gasteiger partial charge in [-0.3, -0.25) is 9.78 Å². The van der Waals surface area contributed by atoms with Crippen molar-refractivity contribution in [2.75, 3.05) is 26.4 Å². The summed E-state index contributed by atoms with van der Waals surface area (Å²) in [6.45, 7) is 3.96. The van der Waals surface area contributed by atoms with E-state index < -0.39 is 5.41 Å². The Hall–Kier alpha value is -1.46. The summed E-state index contributed by atoms with van der Waals surface area (Å²) in [6.07, 6.45) is 4.53. The van der Waals surface area contributed by atoms with Crippen molar-refractivity contribution in [3.05, 3.63) is 24.0 Å². The van der Waals surface area contributed by atoms with E-state index in [1.54, 1.807) is 18.5 Å². The van der Waals surface area contributed by atoms with Gasteiger partial charge < -0.3 is 15.2 Å². The van der Waals surface area contributed by atoms with Crippen molar-refractivity contribution in [2.45, 2.75) is 19.8 Å². The highest BCUT2D eigenvalue weighted by atomic mass is 16.5. The molecule has 1 aromatic rings. The molecule has 1 fully saturated rings. The van der Waals surface area contributed by atoms with Crippen LogP contribution in [0.5, 0.6) is 5.75 Å². The normalized spacial score (nSPS) is 18.0. The van der Waals surface area contributed by atoms with E-state index in [4.69, 9.17) is 15.2 Å². The summed E-state index contributed by atoms with van der Waals surface area (Å²) in [6, 6.07) is 1.74. The zero-order chi connectivity index (χ0) is 13.7. The van der Waals surface area contributed by atoms with E-state index in [2.05, 4.69) is 4.98 Å². The van der Waals surface area contributed by atoms with Crippen LogP contribution >= 0.6 is 0 Å². The van der Waals surface area contributed by atoms with Gasteiger partial charge in [0.25, 0.3) is 0 Å². The maximum absolute atomic E-state index is 12.7. The lowest BCUT2D eigenvalue weighted by Crippen LogP contribution is -2.43. The van der Waals surface area contributed by atoms with Gasteiger partial charge in [-0.15, -0.1) is 0 Å². The third-order valence-corrected chi connectivity index (χ3v) is 3.61. The Bertz CT molecular complexity index is 442. The molecule has 2 heterocycles. The molecule has 0 saturated carbocycles. The molecule has 1 aromatic heterocycles. The number of aromatic nitrogens is 1. The van der Waals surface area contributed by atoms with Gasteiger partial charge in [-0.05, 0) is 25.8 Å². The minimum Gasteiger partial charge on any atom is -0.492 e. The first kappa shape index (κ1) is 14.0. The number of ether oxygens (including phenoxy) is 2. The first-order valence-corrected chi connectivity index (χ1v) is 6.62. The molecule has 104 valence electrons. The molecule has 0 bridgehead atoms.